The van der Waals surface area contributed by atoms with Gasteiger partial charge in [0.1, 0.15) is 15.7 Å². The molecule has 12 heteroatoms. The average molecular weight is 523 g/mol. The van der Waals surface area contributed by atoms with Gasteiger partial charge < -0.3 is 30.6 Å². The van der Waals surface area contributed by atoms with Crippen molar-refractivity contribution in [1.29, 1.82) is 0 Å². The molecular weight excluding hydrogens is 480 g/mol. The van der Waals surface area contributed by atoms with E-state index in [2.05, 4.69) is 37.9 Å². The molecule has 194 valence electrons. The molecule has 0 saturated carbocycles. The molecule has 0 radical (unpaired) electrons. The van der Waals surface area contributed by atoms with E-state index in [0.29, 0.717) is 0 Å². The van der Waals surface area contributed by atoms with E-state index in [1.807, 2.05) is 41.5 Å². The third kappa shape index (κ3) is 22.5. The fourth-order valence-electron chi connectivity index (χ4n) is 1.01. The van der Waals surface area contributed by atoms with Crippen LogP contribution in [0.25, 0.3) is 0 Å². The van der Waals surface area contributed by atoms with Crippen molar-refractivity contribution in [2.75, 3.05) is 19.8 Å². The van der Waals surface area contributed by atoms with Crippen LogP contribution >= 0.6 is 37.9 Å². The maximum atomic E-state index is 10.1. The second-order valence-corrected chi connectivity index (χ2v) is 10.0. The normalized spacial score (nSPS) is 13.5. The standard InChI is InChI=1S/C5H12O3.3C5H10O2S/c1-5(2-6,3-7)4-8;3*1-3(2)4(8)5(6)7/h6-8H,2-4H2,1H3;3*3-4,8H,1-2H3,(H,6,7). The quantitative estimate of drug-likeness (QED) is 0.205. The van der Waals surface area contributed by atoms with Crippen LogP contribution in [-0.2, 0) is 14.4 Å². The van der Waals surface area contributed by atoms with E-state index in [-0.39, 0.29) is 37.6 Å². The lowest BCUT2D eigenvalue weighted by molar-refractivity contribution is -0.138. The summed E-state index contributed by atoms with van der Waals surface area (Å²) in [6.45, 7) is 12.0. The van der Waals surface area contributed by atoms with Crippen molar-refractivity contribution in [3.05, 3.63) is 0 Å². The molecule has 3 atom stereocenters. The maximum Gasteiger partial charge on any atom is 0.316 e. The number of rotatable bonds is 9. The van der Waals surface area contributed by atoms with Crippen molar-refractivity contribution in [3.63, 3.8) is 0 Å². The maximum absolute atomic E-state index is 10.1. The number of hydrogen-bond acceptors (Lipinski definition) is 9. The smallest absolute Gasteiger partial charge is 0.316 e. The molecule has 0 heterocycles. The summed E-state index contributed by atoms with van der Waals surface area (Å²) in [4.78, 5) is 30.2. The Hall–Kier alpha value is -0.660. The Kier molecular flexibility index (Phi) is 25.2. The first-order valence-corrected chi connectivity index (χ1v) is 11.4. The zero-order valence-corrected chi connectivity index (χ0v) is 22.5. The summed E-state index contributed by atoms with van der Waals surface area (Å²) in [5.41, 5.74) is -0.708. The fourth-order valence-corrected chi connectivity index (χ4v) is 1.01. The summed E-state index contributed by atoms with van der Waals surface area (Å²) in [5, 5.41) is 48.7. The Morgan fingerprint density at radius 3 is 0.750 bits per heavy atom. The van der Waals surface area contributed by atoms with Crippen LogP contribution in [0.15, 0.2) is 0 Å². The van der Waals surface area contributed by atoms with Crippen LogP contribution < -0.4 is 0 Å². The van der Waals surface area contributed by atoms with Crippen LogP contribution in [0.3, 0.4) is 0 Å². The van der Waals surface area contributed by atoms with Crippen molar-refractivity contribution in [3.8, 4) is 0 Å². The summed E-state index contributed by atoms with van der Waals surface area (Å²) in [6.07, 6.45) is 0. The van der Waals surface area contributed by atoms with Crippen LogP contribution in [0, 0.1) is 23.2 Å². The summed E-state index contributed by atoms with van der Waals surface area (Å²) >= 11 is 11.5. The van der Waals surface area contributed by atoms with E-state index < -0.39 is 39.1 Å². The highest BCUT2D eigenvalue weighted by Gasteiger charge is 2.20. The van der Waals surface area contributed by atoms with E-state index in [4.69, 9.17) is 30.6 Å². The first-order chi connectivity index (χ1) is 14.3. The van der Waals surface area contributed by atoms with Gasteiger partial charge in [-0.25, -0.2) is 0 Å². The highest BCUT2D eigenvalue weighted by molar-refractivity contribution is 7.82. The zero-order chi connectivity index (χ0) is 26.8. The molecule has 9 nitrogen and oxygen atoms in total. The zero-order valence-electron chi connectivity index (χ0n) is 19.8. The van der Waals surface area contributed by atoms with Crippen molar-refractivity contribution in [2.45, 2.75) is 64.2 Å². The first-order valence-electron chi connectivity index (χ1n) is 9.90. The Balaban J connectivity index is -0.000000163. The Labute approximate surface area is 207 Å². The number of thiol groups is 3. The molecule has 0 amide bonds. The van der Waals surface area contributed by atoms with Crippen molar-refractivity contribution < 1.29 is 45.0 Å². The number of carboxylic acids is 3. The highest BCUT2D eigenvalue weighted by atomic mass is 32.1. The number of hydrogen-bond donors (Lipinski definition) is 9. The molecule has 0 aliphatic carbocycles. The predicted octanol–water partition coefficient (Wildman–Crippen LogP) is 2.05. The molecule has 0 saturated heterocycles. The van der Waals surface area contributed by atoms with Crippen LogP contribution in [0.2, 0.25) is 0 Å². The van der Waals surface area contributed by atoms with Gasteiger partial charge in [-0.2, -0.15) is 37.9 Å². The van der Waals surface area contributed by atoms with Gasteiger partial charge in [0.05, 0.1) is 19.8 Å². The molecule has 32 heavy (non-hydrogen) atoms. The molecule has 0 aromatic rings. The van der Waals surface area contributed by atoms with Crippen molar-refractivity contribution >= 4 is 55.8 Å². The van der Waals surface area contributed by atoms with E-state index in [0.717, 1.165) is 0 Å². The third-order valence-corrected chi connectivity index (χ3v) is 6.25. The summed E-state index contributed by atoms with van der Waals surface area (Å²) in [7, 11) is 0. The number of carbonyl (C=O) groups is 3. The Morgan fingerprint density at radius 2 is 0.750 bits per heavy atom. The lowest BCUT2D eigenvalue weighted by atomic mass is 9.95. The molecule has 6 N–H and O–H groups in total. The summed E-state index contributed by atoms with van der Waals surface area (Å²) in [6, 6.07) is 0. The number of aliphatic hydroxyl groups is 3. The van der Waals surface area contributed by atoms with Gasteiger partial charge in [-0.15, -0.1) is 0 Å². The van der Waals surface area contributed by atoms with E-state index in [1.54, 1.807) is 6.92 Å². The molecule has 0 aliphatic heterocycles. The molecule has 0 bridgehead atoms. The van der Waals surface area contributed by atoms with Gasteiger partial charge in [0.2, 0.25) is 0 Å². The van der Waals surface area contributed by atoms with E-state index in [9.17, 15) is 14.4 Å². The largest absolute Gasteiger partial charge is 0.480 e. The molecule has 0 aliphatic rings. The predicted molar refractivity (Wildman–Crippen MR) is 135 cm³/mol. The van der Waals surface area contributed by atoms with Gasteiger partial charge in [0, 0.05) is 5.41 Å². The van der Waals surface area contributed by atoms with Crippen LogP contribution in [-0.4, -0.2) is 84.1 Å². The third-order valence-electron chi connectivity index (χ3n) is 3.80. The first kappa shape index (κ1) is 38.6. The van der Waals surface area contributed by atoms with Gasteiger partial charge >= 0.3 is 17.9 Å². The minimum absolute atomic E-state index is 0.107. The Bertz CT molecular complexity index is 445. The van der Waals surface area contributed by atoms with Gasteiger partial charge in [-0.3, -0.25) is 14.4 Å². The van der Waals surface area contributed by atoms with Crippen LogP contribution in [0.5, 0.6) is 0 Å². The highest BCUT2D eigenvalue weighted by Crippen LogP contribution is 2.11. The van der Waals surface area contributed by atoms with Crippen molar-refractivity contribution in [1.82, 2.24) is 0 Å². The summed E-state index contributed by atoms with van der Waals surface area (Å²) in [5.74, 6) is -2.21. The van der Waals surface area contributed by atoms with E-state index >= 15 is 0 Å². The monoisotopic (exact) mass is 522 g/mol. The lowest BCUT2D eigenvalue weighted by Crippen LogP contribution is -2.29. The second-order valence-electron chi connectivity index (χ2n) is 8.37. The molecule has 3 unspecified atom stereocenters. The SMILES string of the molecule is CC(C)C(S)C(=O)O.CC(C)C(S)C(=O)O.CC(C)C(S)C(=O)O.CC(CO)(CO)CO. The van der Waals surface area contributed by atoms with Crippen LogP contribution in [0.1, 0.15) is 48.5 Å². The number of aliphatic hydroxyl groups excluding tert-OH is 3. The molecule has 0 spiro atoms. The topological polar surface area (TPSA) is 173 Å². The minimum atomic E-state index is -0.844. The van der Waals surface area contributed by atoms with E-state index in [1.165, 1.54) is 0 Å². The molecule has 0 aromatic carbocycles. The average Bonchev–Trinajstić information content (AvgIpc) is 2.72. The van der Waals surface area contributed by atoms with Gasteiger partial charge in [0.25, 0.3) is 0 Å². The second kappa shape index (κ2) is 20.9. The number of carboxylic acid groups (broad SMARTS) is 3. The molecule has 0 rings (SSSR count). The Morgan fingerprint density at radius 1 is 0.594 bits per heavy atom. The molecule has 0 aromatic heterocycles. The van der Waals surface area contributed by atoms with Gasteiger partial charge in [-0.1, -0.05) is 48.5 Å². The van der Waals surface area contributed by atoms with Gasteiger partial charge in [-0.05, 0) is 17.8 Å². The minimum Gasteiger partial charge on any atom is -0.480 e. The molecule has 0 fully saturated rings. The van der Waals surface area contributed by atoms with Crippen LogP contribution in [0.4, 0.5) is 0 Å². The lowest BCUT2D eigenvalue weighted by Gasteiger charge is -2.20. The molecular formula is C20H42O9S3. The van der Waals surface area contributed by atoms with Gasteiger partial charge in [0.15, 0.2) is 0 Å². The number of aliphatic carboxylic acids is 3. The van der Waals surface area contributed by atoms with Crippen molar-refractivity contribution in [2.24, 2.45) is 23.2 Å². The summed E-state index contributed by atoms with van der Waals surface area (Å²) < 4.78 is 0. The fraction of sp³-hybridized carbons (Fsp3) is 0.850.